The van der Waals surface area contributed by atoms with E-state index in [1.807, 2.05) is 54.6 Å². The highest BCUT2D eigenvalue weighted by Gasteiger charge is 2.17. The molecule has 0 unspecified atom stereocenters. The van der Waals surface area contributed by atoms with Crippen LogP contribution in [0.1, 0.15) is 12.8 Å². The Hall–Kier alpha value is -3.38. The molecule has 1 heterocycles. The topological polar surface area (TPSA) is 77.2 Å². The smallest absolute Gasteiger partial charge is 0.261 e. The maximum atomic E-state index is 12.4. The Kier molecular flexibility index (Phi) is 5.44. The molecule has 0 spiro atoms. The zero-order chi connectivity index (χ0) is 20.2. The molecule has 0 radical (unpaired) electrons. The molecule has 0 aliphatic rings. The minimum Gasteiger partial charge on any atom is -0.480 e. The largest absolute Gasteiger partial charge is 0.480 e. The van der Waals surface area contributed by atoms with Gasteiger partial charge in [-0.15, -0.1) is 0 Å². The fourth-order valence-electron chi connectivity index (χ4n) is 2.93. The van der Waals surface area contributed by atoms with Gasteiger partial charge in [0.05, 0.1) is 11.6 Å². The van der Waals surface area contributed by atoms with Crippen LogP contribution in [-0.4, -0.2) is 22.2 Å². The number of nitrogens with zero attached hydrogens (tertiary/aromatic N) is 2. The summed E-state index contributed by atoms with van der Waals surface area (Å²) in [6.45, 7) is 1.79. The Balaban J connectivity index is 1.39. The van der Waals surface area contributed by atoms with Crippen molar-refractivity contribution in [2.24, 2.45) is 0 Å². The van der Waals surface area contributed by atoms with E-state index in [0.717, 1.165) is 10.8 Å². The van der Waals surface area contributed by atoms with E-state index < -0.39 is 6.10 Å². The van der Waals surface area contributed by atoms with Crippen molar-refractivity contribution in [2.45, 2.75) is 19.6 Å². The number of fused-ring (bicyclic) bond motifs is 1. The molecule has 7 heteroatoms. The molecule has 1 N–H and O–H groups in total. The van der Waals surface area contributed by atoms with Crippen LogP contribution in [0.3, 0.4) is 0 Å². The Bertz CT molecular complexity index is 1150. The van der Waals surface area contributed by atoms with Crippen LogP contribution in [0.2, 0.25) is 5.02 Å². The summed E-state index contributed by atoms with van der Waals surface area (Å²) in [5.41, 5.74) is 0.670. The van der Waals surface area contributed by atoms with Crippen molar-refractivity contribution in [3.63, 3.8) is 0 Å². The van der Waals surface area contributed by atoms with Crippen molar-refractivity contribution >= 4 is 28.3 Å². The highest BCUT2D eigenvalue weighted by molar-refractivity contribution is 6.33. The average Bonchev–Trinajstić information content (AvgIpc) is 3.21. The number of rotatable bonds is 6. The molecule has 1 amide bonds. The maximum Gasteiger partial charge on any atom is 0.261 e. The predicted octanol–water partition coefficient (Wildman–Crippen LogP) is 4.63. The van der Waals surface area contributed by atoms with Crippen LogP contribution in [0.4, 0.5) is 0 Å². The van der Waals surface area contributed by atoms with Gasteiger partial charge in [0.15, 0.2) is 6.10 Å². The van der Waals surface area contributed by atoms with Gasteiger partial charge in [0.1, 0.15) is 5.75 Å². The minimum atomic E-state index is -0.688. The fourth-order valence-corrected chi connectivity index (χ4v) is 3.15. The number of hydrogen-bond donors (Lipinski definition) is 1. The van der Waals surface area contributed by atoms with Gasteiger partial charge >= 0.3 is 0 Å². The van der Waals surface area contributed by atoms with E-state index in [0.29, 0.717) is 22.2 Å². The van der Waals surface area contributed by atoms with Crippen LogP contribution < -0.4 is 10.1 Å². The molecule has 4 aromatic rings. The van der Waals surface area contributed by atoms with E-state index in [2.05, 4.69) is 15.5 Å². The van der Waals surface area contributed by atoms with E-state index in [1.54, 1.807) is 19.1 Å². The van der Waals surface area contributed by atoms with Crippen LogP contribution in [0.5, 0.6) is 5.75 Å². The first-order valence-electron chi connectivity index (χ1n) is 9.11. The lowest BCUT2D eigenvalue weighted by molar-refractivity contribution is -0.127. The zero-order valence-electron chi connectivity index (χ0n) is 15.6. The van der Waals surface area contributed by atoms with Crippen molar-refractivity contribution < 1.29 is 14.1 Å². The molecule has 1 atom stereocenters. The average molecular weight is 408 g/mol. The Morgan fingerprint density at radius 3 is 2.72 bits per heavy atom. The van der Waals surface area contributed by atoms with E-state index in [4.69, 9.17) is 20.9 Å². The van der Waals surface area contributed by atoms with Crippen molar-refractivity contribution in [3.8, 4) is 17.1 Å². The van der Waals surface area contributed by atoms with E-state index in [9.17, 15) is 4.79 Å². The van der Waals surface area contributed by atoms with Crippen molar-refractivity contribution in [1.29, 1.82) is 0 Å². The van der Waals surface area contributed by atoms with Gasteiger partial charge in [0.2, 0.25) is 11.7 Å². The molecule has 0 fully saturated rings. The van der Waals surface area contributed by atoms with Gasteiger partial charge < -0.3 is 14.6 Å². The third-order valence-electron chi connectivity index (χ3n) is 4.42. The van der Waals surface area contributed by atoms with Crippen LogP contribution in [0.25, 0.3) is 22.2 Å². The van der Waals surface area contributed by atoms with Crippen molar-refractivity contribution in [1.82, 2.24) is 15.5 Å². The molecule has 0 aliphatic carbocycles. The highest BCUT2D eigenvalue weighted by atomic mass is 35.5. The van der Waals surface area contributed by atoms with Gasteiger partial charge in [0.25, 0.3) is 5.91 Å². The number of amides is 1. The summed E-state index contributed by atoms with van der Waals surface area (Å²) in [6, 6.07) is 20.8. The molecule has 146 valence electrons. The Labute approximate surface area is 172 Å². The minimum absolute atomic E-state index is 0.0967. The lowest BCUT2D eigenvalue weighted by Gasteiger charge is -2.15. The molecule has 0 saturated heterocycles. The van der Waals surface area contributed by atoms with Crippen molar-refractivity contribution in [2.75, 3.05) is 0 Å². The lowest BCUT2D eigenvalue weighted by Crippen LogP contribution is -2.36. The number of halogens is 1. The SMILES string of the molecule is C[C@@H](Oc1cccc2ccccc12)C(=O)NCc1nc(-c2ccccc2Cl)no1. The number of carbonyl (C=O) groups excluding carboxylic acids is 1. The monoisotopic (exact) mass is 407 g/mol. The summed E-state index contributed by atoms with van der Waals surface area (Å²) in [5, 5.41) is 9.21. The number of aromatic nitrogens is 2. The second-order valence-electron chi connectivity index (χ2n) is 6.45. The number of nitrogens with one attached hydrogen (secondary N) is 1. The second-order valence-corrected chi connectivity index (χ2v) is 6.85. The molecule has 0 saturated carbocycles. The maximum absolute atomic E-state index is 12.4. The van der Waals surface area contributed by atoms with Gasteiger partial charge in [-0.1, -0.05) is 65.3 Å². The molecule has 6 nitrogen and oxygen atoms in total. The standard InChI is InChI=1S/C22H18ClN3O3/c1-14(28-19-12-6-8-15-7-2-3-9-16(15)19)22(27)24-13-20-25-21(26-29-20)17-10-4-5-11-18(17)23/h2-12,14H,13H2,1H3,(H,24,27)/t14-/m1/s1. The molecule has 3 aromatic carbocycles. The first-order valence-corrected chi connectivity index (χ1v) is 9.49. The van der Waals surface area contributed by atoms with Gasteiger partial charge in [-0.2, -0.15) is 4.98 Å². The van der Waals surface area contributed by atoms with Crippen LogP contribution in [0, 0.1) is 0 Å². The van der Waals surface area contributed by atoms with Crippen LogP contribution in [-0.2, 0) is 11.3 Å². The summed E-state index contributed by atoms with van der Waals surface area (Å²) in [4.78, 5) is 16.7. The molecule has 0 aliphatic heterocycles. The van der Waals surface area contributed by atoms with Gasteiger partial charge in [0, 0.05) is 10.9 Å². The van der Waals surface area contributed by atoms with Crippen LogP contribution in [0.15, 0.2) is 71.3 Å². The Morgan fingerprint density at radius 2 is 1.86 bits per heavy atom. The normalized spacial score (nSPS) is 11.9. The summed E-state index contributed by atoms with van der Waals surface area (Å²) in [7, 11) is 0. The molecule has 4 rings (SSSR count). The fraction of sp³-hybridized carbons (Fsp3) is 0.136. The molecule has 0 bridgehead atoms. The number of benzene rings is 3. The Morgan fingerprint density at radius 1 is 1.10 bits per heavy atom. The number of hydrogen-bond acceptors (Lipinski definition) is 5. The third kappa shape index (κ3) is 4.22. The molecule has 29 heavy (non-hydrogen) atoms. The van der Waals surface area contributed by atoms with E-state index >= 15 is 0 Å². The third-order valence-corrected chi connectivity index (χ3v) is 4.75. The molecular weight excluding hydrogens is 390 g/mol. The first-order chi connectivity index (χ1) is 14.1. The van der Waals surface area contributed by atoms with E-state index in [1.165, 1.54) is 0 Å². The first kappa shape index (κ1) is 19.0. The van der Waals surface area contributed by atoms with Crippen LogP contribution >= 0.6 is 11.6 Å². The summed E-state index contributed by atoms with van der Waals surface area (Å²) in [5.74, 6) is 1.03. The molecular formula is C22H18ClN3O3. The van der Waals surface area contributed by atoms with Gasteiger partial charge in [-0.05, 0) is 30.5 Å². The summed E-state index contributed by atoms with van der Waals surface area (Å²) >= 11 is 6.15. The van der Waals surface area contributed by atoms with Gasteiger partial charge in [-0.25, -0.2) is 0 Å². The number of carbonyl (C=O) groups is 1. The molecule has 1 aromatic heterocycles. The highest BCUT2D eigenvalue weighted by Crippen LogP contribution is 2.26. The lowest BCUT2D eigenvalue weighted by atomic mass is 10.1. The predicted molar refractivity (Wildman–Crippen MR) is 111 cm³/mol. The van der Waals surface area contributed by atoms with Crippen molar-refractivity contribution in [3.05, 3.63) is 77.6 Å². The summed E-state index contributed by atoms with van der Waals surface area (Å²) in [6.07, 6.45) is -0.688. The summed E-state index contributed by atoms with van der Waals surface area (Å²) < 4.78 is 11.1. The van der Waals surface area contributed by atoms with Gasteiger partial charge in [-0.3, -0.25) is 4.79 Å². The second kappa shape index (κ2) is 8.32. The van der Waals surface area contributed by atoms with E-state index in [-0.39, 0.29) is 18.3 Å². The number of ether oxygens (including phenoxy) is 1. The quantitative estimate of drug-likeness (QED) is 0.504. The zero-order valence-corrected chi connectivity index (χ0v) is 16.4.